The third kappa shape index (κ3) is 3.15. The van der Waals surface area contributed by atoms with Gasteiger partial charge in [0.1, 0.15) is 4.90 Å². The van der Waals surface area contributed by atoms with Crippen molar-refractivity contribution in [1.82, 2.24) is 4.31 Å². The average Bonchev–Trinajstić information content (AvgIpc) is 2.73. The molecular weight excluding hydrogens is 338 g/mol. The van der Waals surface area contributed by atoms with E-state index < -0.39 is 20.9 Å². The Labute approximate surface area is 127 Å². The van der Waals surface area contributed by atoms with Gasteiger partial charge in [-0.2, -0.15) is 4.31 Å². The Balaban J connectivity index is 0.00000180. The molecule has 2 rings (SSSR count). The van der Waals surface area contributed by atoms with E-state index in [9.17, 15) is 12.8 Å². The minimum atomic E-state index is -3.82. The molecule has 1 aromatic carbocycles. The van der Waals surface area contributed by atoms with Crippen LogP contribution >= 0.6 is 35.6 Å². The predicted octanol–water partition coefficient (Wildman–Crippen LogP) is 2.28. The lowest BCUT2D eigenvalue weighted by atomic mass is 10.3. The zero-order chi connectivity index (χ0) is 13.5. The van der Waals surface area contributed by atoms with Crippen LogP contribution in [-0.4, -0.2) is 31.9 Å². The van der Waals surface area contributed by atoms with Gasteiger partial charge in [-0.1, -0.05) is 23.2 Å². The molecule has 1 atom stereocenters. The van der Waals surface area contributed by atoms with Gasteiger partial charge >= 0.3 is 0 Å². The summed E-state index contributed by atoms with van der Waals surface area (Å²) >= 11 is 11.2. The van der Waals surface area contributed by atoms with E-state index in [1.54, 1.807) is 0 Å². The summed E-state index contributed by atoms with van der Waals surface area (Å²) in [5, 5.41) is -0.694. The van der Waals surface area contributed by atoms with E-state index in [2.05, 4.69) is 0 Å². The number of nitrogens with zero attached hydrogens (tertiary/aromatic N) is 1. The molecule has 19 heavy (non-hydrogen) atoms. The summed E-state index contributed by atoms with van der Waals surface area (Å²) in [6, 6.07) is 2.18. The Kier molecular flexibility index (Phi) is 5.45. The highest BCUT2D eigenvalue weighted by atomic mass is 35.5. The number of sulfonamides is 1. The van der Waals surface area contributed by atoms with Gasteiger partial charge in [0.2, 0.25) is 10.0 Å². The molecule has 1 saturated heterocycles. The summed E-state index contributed by atoms with van der Waals surface area (Å²) in [5.41, 5.74) is 5.66. The molecule has 1 heterocycles. The summed E-state index contributed by atoms with van der Waals surface area (Å²) in [5.74, 6) is -0.928. The zero-order valence-corrected chi connectivity index (χ0v) is 12.8. The van der Waals surface area contributed by atoms with Crippen LogP contribution in [0.25, 0.3) is 0 Å². The number of benzene rings is 1. The van der Waals surface area contributed by atoms with Crippen molar-refractivity contribution in [2.24, 2.45) is 5.73 Å². The summed E-state index contributed by atoms with van der Waals surface area (Å²) in [7, 11) is -3.82. The highest BCUT2D eigenvalue weighted by Gasteiger charge is 2.33. The van der Waals surface area contributed by atoms with Crippen molar-refractivity contribution in [2.45, 2.75) is 17.4 Å². The van der Waals surface area contributed by atoms with Crippen LogP contribution in [0, 0.1) is 5.82 Å². The molecule has 0 amide bonds. The molecule has 108 valence electrons. The number of halogens is 4. The Morgan fingerprint density at radius 2 is 2.00 bits per heavy atom. The van der Waals surface area contributed by atoms with Crippen LogP contribution in [0.4, 0.5) is 4.39 Å². The highest BCUT2D eigenvalue weighted by molar-refractivity contribution is 7.89. The number of hydrogen-bond donors (Lipinski definition) is 1. The highest BCUT2D eigenvalue weighted by Crippen LogP contribution is 2.32. The number of nitrogens with two attached hydrogens (primary N) is 1. The topological polar surface area (TPSA) is 63.4 Å². The fourth-order valence-electron chi connectivity index (χ4n) is 1.82. The fourth-order valence-corrected chi connectivity index (χ4v) is 4.05. The monoisotopic (exact) mass is 348 g/mol. The summed E-state index contributed by atoms with van der Waals surface area (Å²) in [6.07, 6.45) is 0.576. The molecule has 9 heteroatoms. The molecule has 1 aliphatic heterocycles. The van der Waals surface area contributed by atoms with Gasteiger partial charge in [0, 0.05) is 19.1 Å². The first kappa shape index (κ1) is 16.9. The van der Waals surface area contributed by atoms with Crippen LogP contribution in [0.2, 0.25) is 10.0 Å². The van der Waals surface area contributed by atoms with Crippen LogP contribution in [0.1, 0.15) is 6.42 Å². The molecule has 0 spiro atoms. The first-order valence-electron chi connectivity index (χ1n) is 5.23. The summed E-state index contributed by atoms with van der Waals surface area (Å²) < 4.78 is 39.2. The Morgan fingerprint density at radius 1 is 1.37 bits per heavy atom. The van der Waals surface area contributed by atoms with Crippen molar-refractivity contribution < 1.29 is 12.8 Å². The second-order valence-electron chi connectivity index (χ2n) is 4.09. The molecular formula is C10H12Cl3FN2O2S. The molecule has 4 nitrogen and oxygen atoms in total. The molecule has 0 saturated carbocycles. The van der Waals surface area contributed by atoms with Gasteiger partial charge < -0.3 is 5.73 Å². The van der Waals surface area contributed by atoms with E-state index in [-0.39, 0.29) is 34.9 Å². The zero-order valence-electron chi connectivity index (χ0n) is 9.64. The Morgan fingerprint density at radius 3 is 2.53 bits per heavy atom. The minimum absolute atomic E-state index is 0. The van der Waals surface area contributed by atoms with Crippen LogP contribution in [0.5, 0.6) is 0 Å². The van der Waals surface area contributed by atoms with Crippen molar-refractivity contribution >= 4 is 45.6 Å². The van der Waals surface area contributed by atoms with Gasteiger partial charge in [-0.25, -0.2) is 12.8 Å². The van der Waals surface area contributed by atoms with Crippen molar-refractivity contribution in [3.05, 3.63) is 28.0 Å². The van der Waals surface area contributed by atoms with Gasteiger partial charge in [-0.15, -0.1) is 12.4 Å². The quantitative estimate of drug-likeness (QED) is 0.833. The molecule has 1 unspecified atom stereocenters. The summed E-state index contributed by atoms with van der Waals surface area (Å²) in [4.78, 5) is -0.278. The van der Waals surface area contributed by atoms with Crippen LogP contribution < -0.4 is 5.73 Å². The number of hydrogen-bond acceptors (Lipinski definition) is 3. The smallest absolute Gasteiger partial charge is 0.244 e. The average molecular weight is 350 g/mol. The third-order valence-corrected chi connectivity index (χ3v) is 5.49. The van der Waals surface area contributed by atoms with Crippen molar-refractivity contribution in [2.75, 3.05) is 13.1 Å². The van der Waals surface area contributed by atoms with Crippen LogP contribution in [0.3, 0.4) is 0 Å². The van der Waals surface area contributed by atoms with Crippen molar-refractivity contribution in [3.8, 4) is 0 Å². The third-order valence-electron chi connectivity index (χ3n) is 2.81. The molecule has 0 bridgehead atoms. The second kappa shape index (κ2) is 6.11. The number of rotatable bonds is 2. The molecule has 0 aromatic heterocycles. The standard InChI is InChI=1S/C10H11Cl2FN2O2S.ClH/c11-7-1-2-8(9(12)10(7)13)18(16,17)15-4-3-6(14)5-15;/h1-2,6H,3-5,14H2;1H. The van der Waals surface area contributed by atoms with Gasteiger partial charge in [0.15, 0.2) is 5.82 Å². The van der Waals surface area contributed by atoms with Crippen molar-refractivity contribution in [1.29, 1.82) is 0 Å². The van der Waals surface area contributed by atoms with Gasteiger partial charge in [-0.3, -0.25) is 0 Å². The Hall–Kier alpha value is -0.110. The normalized spacial score (nSPS) is 20.3. The van der Waals surface area contributed by atoms with Crippen molar-refractivity contribution in [3.63, 3.8) is 0 Å². The van der Waals surface area contributed by atoms with E-state index in [1.165, 1.54) is 16.4 Å². The fraction of sp³-hybridized carbons (Fsp3) is 0.400. The largest absolute Gasteiger partial charge is 0.326 e. The lowest BCUT2D eigenvalue weighted by Crippen LogP contribution is -2.32. The maximum absolute atomic E-state index is 13.5. The SMILES string of the molecule is Cl.NC1CCN(S(=O)(=O)c2ccc(Cl)c(F)c2Cl)C1. The summed E-state index contributed by atoms with van der Waals surface area (Å²) in [6.45, 7) is 0.521. The van der Waals surface area contributed by atoms with E-state index in [1.807, 2.05) is 0 Å². The minimum Gasteiger partial charge on any atom is -0.326 e. The molecule has 0 aliphatic carbocycles. The van der Waals surface area contributed by atoms with Gasteiger partial charge in [-0.05, 0) is 18.6 Å². The second-order valence-corrected chi connectivity index (χ2v) is 6.78. The first-order chi connectivity index (χ1) is 8.34. The van der Waals surface area contributed by atoms with Crippen LogP contribution in [0.15, 0.2) is 17.0 Å². The molecule has 2 N–H and O–H groups in total. The van der Waals surface area contributed by atoms with E-state index in [0.717, 1.165) is 0 Å². The maximum atomic E-state index is 13.5. The maximum Gasteiger partial charge on any atom is 0.244 e. The van der Waals surface area contributed by atoms with E-state index in [4.69, 9.17) is 28.9 Å². The predicted molar refractivity (Wildman–Crippen MR) is 75.0 cm³/mol. The molecule has 1 fully saturated rings. The van der Waals surface area contributed by atoms with Gasteiger partial charge in [0.25, 0.3) is 0 Å². The molecule has 1 aromatic rings. The molecule has 0 radical (unpaired) electrons. The Bertz CT molecular complexity index is 582. The lowest BCUT2D eigenvalue weighted by Gasteiger charge is -2.17. The lowest BCUT2D eigenvalue weighted by molar-refractivity contribution is 0.471. The van der Waals surface area contributed by atoms with Gasteiger partial charge in [0.05, 0.1) is 10.0 Å². The van der Waals surface area contributed by atoms with Crippen LogP contribution in [-0.2, 0) is 10.0 Å². The molecule has 1 aliphatic rings. The first-order valence-corrected chi connectivity index (χ1v) is 7.43. The van der Waals surface area contributed by atoms with E-state index >= 15 is 0 Å². The van der Waals surface area contributed by atoms with E-state index in [0.29, 0.717) is 13.0 Å².